The second-order valence-corrected chi connectivity index (χ2v) is 7.35. The van der Waals surface area contributed by atoms with Gasteiger partial charge in [0.15, 0.2) is 5.82 Å². The number of fused-ring (bicyclic) bond motifs is 6. The first kappa shape index (κ1) is 15.8. The van der Waals surface area contributed by atoms with E-state index < -0.39 is 5.60 Å². The van der Waals surface area contributed by atoms with Crippen LogP contribution in [0.4, 0.5) is 10.2 Å². The fourth-order valence-electron chi connectivity index (χ4n) is 4.24. The van der Waals surface area contributed by atoms with Gasteiger partial charge in [-0.2, -0.15) is 9.80 Å². The summed E-state index contributed by atoms with van der Waals surface area (Å²) in [5.41, 5.74) is 2.10. The molecule has 9 nitrogen and oxygen atoms in total. The zero-order chi connectivity index (χ0) is 18.9. The van der Waals surface area contributed by atoms with Crippen molar-refractivity contribution in [1.82, 2.24) is 34.9 Å². The SMILES string of the molecule is CC1(c2cnnn2-c2nnc3n2C2=CN(F)CN2c2ccccc2-3)CCCO1. The van der Waals surface area contributed by atoms with E-state index in [1.54, 1.807) is 10.9 Å². The van der Waals surface area contributed by atoms with Crippen LogP contribution >= 0.6 is 0 Å². The van der Waals surface area contributed by atoms with Crippen molar-refractivity contribution in [2.24, 2.45) is 0 Å². The number of aromatic nitrogens is 6. The fraction of sp³-hybridized carbons (Fsp3) is 0.333. The molecule has 3 aliphatic rings. The Morgan fingerprint density at radius 2 is 2.11 bits per heavy atom. The van der Waals surface area contributed by atoms with Crippen LogP contribution in [0.1, 0.15) is 25.5 Å². The van der Waals surface area contributed by atoms with Crippen molar-refractivity contribution in [2.45, 2.75) is 25.4 Å². The van der Waals surface area contributed by atoms with Crippen molar-refractivity contribution in [3.05, 3.63) is 42.4 Å². The van der Waals surface area contributed by atoms with E-state index >= 15 is 0 Å². The number of benzene rings is 1. The topological polar surface area (TPSA) is 77.1 Å². The molecule has 0 N–H and O–H groups in total. The lowest BCUT2D eigenvalue weighted by molar-refractivity contribution is 0.0111. The molecule has 3 aliphatic heterocycles. The molecule has 142 valence electrons. The standard InChI is InChI=1S/C18H17FN8O/c1-18(7-4-8-28-18)14-9-20-23-27(14)17-22-21-16-12-5-2-3-6-13(12)25-11-24(19)10-15(25)26(16)17/h2-3,5-6,9-10H,4,7-8,11H2,1H3. The summed E-state index contributed by atoms with van der Waals surface area (Å²) in [4.78, 5) is 1.89. The molecule has 1 unspecified atom stereocenters. The van der Waals surface area contributed by atoms with Crippen molar-refractivity contribution in [3.8, 4) is 17.3 Å². The second-order valence-electron chi connectivity index (χ2n) is 7.35. The molecule has 0 saturated carbocycles. The Hall–Kier alpha value is -3.27. The third-order valence-electron chi connectivity index (χ3n) is 5.62. The molecule has 28 heavy (non-hydrogen) atoms. The number of hydrogen-bond acceptors (Lipinski definition) is 7. The van der Waals surface area contributed by atoms with Gasteiger partial charge in [0.25, 0.3) is 5.95 Å². The maximum atomic E-state index is 14.2. The van der Waals surface area contributed by atoms with Gasteiger partial charge in [-0.05, 0) is 31.9 Å². The monoisotopic (exact) mass is 380 g/mol. The minimum atomic E-state index is -0.488. The number of rotatable bonds is 2. The largest absolute Gasteiger partial charge is 0.369 e. The van der Waals surface area contributed by atoms with E-state index in [4.69, 9.17) is 4.74 Å². The summed E-state index contributed by atoms with van der Waals surface area (Å²) in [5, 5.41) is 17.8. The Bertz CT molecular complexity index is 1110. The Morgan fingerprint density at radius 3 is 2.96 bits per heavy atom. The summed E-state index contributed by atoms with van der Waals surface area (Å²) >= 11 is 0. The molecule has 0 amide bonds. The van der Waals surface area contributed by atoms with Gasteiger partial charge in [-0.15, -0.1) is 15.3 Å². The lowest BCUT2D eigenvalue weighted by Gasteiger charge is -2.30. The summed E-state index contributed by atoms with van der Waals surface area (Å²) in [7, 11) is 0. The van der Waals surface area contributed by atoms with Gasteiger partial charge in [-0.3, -0.25) is 0 Å². The molecule has 2 aromatic heterocycles. The first-order valence-corrected chi connectivity index (χ1v) is 9.18. The number of ether oxygens (including phenoxy) is 1. The fourth-order valence-corrected chi connectivity index (χ4v) is 4.24. The summed E-state index contributed by atoms with van der Waals surface area (Å²) in [6, 6.07) is 7.78. The van der Waals surface area contributed by atoms with E-state index in [0.717, 1.165) is 29.8 Å². The van der Waals surface area contributed by atoms with Crippen LogP contribution in [0.15, 0.2) is 36.7 Å². The zero-order valence-corrected chi connectivity index (χ0v) is 15.2. The predicted molar refractivity (Wildman–Crippen MR) is 97.5 cm³/mol. The second kappa shape index (κ2) is 5.38. The maximum absolute atomic E-state index is 14.2. The van der Waals surface area contributed by atoms with Gasteiger partial charge in [-0.25, -0.2) is 4.57 Å². The molecule has 0 aliphatic carbocycles. The summed E-state index contributed by atoms with van der Waals surface area (Å²) in [5.74, 6) is 1.73. The van der Waals surface area contributed by atoms with Crippen molar-refractivity contribution in [1.29, 1.82) is 0 Å². The van der Waals surface area contributed by atoms with Gasteiger partial charge < -0.3 is 9.64 Å². The third kappa shape index (κ3) is 1.97. The maximum Gasteiger partial charge on any atom is 0.259 e. The molecule has 6 rings (SSSR count). The minimum Gasteiger partial charge on any atom is -0.369 e. The van der Waals surface area contributed by atoms with Crippen LogP contribution in [0.25, 0.3) is 23.2 Å². The van der Waals surface area contributed by atoms with Gasteiger partial charge in [0.1, 0.15) is 18.1 Å². The summed E-state index contributed by atoms with van der Waals surface area (Å²) in [6.45, 7) is 2.83. The van der Waals surface area contributed by atoms with Gasteiger partial charge in [-0.1, -0.05) is 21.8 Å². The molecular formula is C18H17FN8O. The zero-order valence-electron chi connectivity index (χ0n) is 15.2. The van der Waals surface area contributed by atoms with E-state index in [1.807, 2.05) is 40.7 Å². The van der Waals surface area contributed by atoms with E-state index in [-0.39, 0.29) is 6.67 Å². The minimum absolute atomic E-state index is 0.106. The predicted octanol–water partition coefficient (Wildman–Crippen LogP) is 2.28. The third-order valence-corrected chi connectivity index (χ3v) is 5.62. The average Bonchev–Trinajstić information content (AvgIpc) is 3.46. The highest BCUT2D eigenvalue weighted by molar-refractivity contribution is 5.89. The highest BCUT2D eigenvalue weighted by atomic mass is 19.2. The number of para-hydroxylation sites is 1. The van der Waals surface area contributed by atoms with Gasteiger partial charge >= 0.3 is 0 Å². The molecule has 0 radical (unpaired) electrons. The summed E-state index contributed by atoms with van der Waals surface area (Å²) < 4.78 is 23.6. The van der Waals surface area contributed by atoms with Gasteiger partial charge in [0, 0.05) is 12.2 Å². The van der Waals surface area contributed by atoms with E-state index in [0.29, 0.717) is 29.3 Å². The molecule has 1 aromatic carbocycles. The molecule has 1 atom stereocenters. The number of anilines is 1. The van der Waals surface area contributed by atoms with Crippen LogP contribution < -0.4 is 4.90 Å². The van der Waals surface area contributed by atoms with Crippen LogP contribution in [-0.2, 0) is 10.3 Å². The number of nitrogens with zero attached hydrogens (tertiary/aromatic N) is 8. The Kier molecular flexibility index (Phi) is 3.03. The Labute approximate surface area is 159 Å². The van der Waals surface area contributed by atoms with Gasteiger partial charge in [0.2, 0.25) is 0 Å². The highest BCUT2D eigenvalue weighted by Gasteiger charge is 2.39. The van der Waals surface area contributed by atoms with Crippen molar-refractivity contribution < 1.29 is 9.22 Å². The normalized spacial score (nSPS) is 22.9. The smallest absolute Gasteiger partial charge is 0.259 e. The Morgan fingerprint density at radius 1 is 1.21 bits per heavy atom. The van der Waals surface area contributed by atoms with Crippen LogP contribution in [0, 0.1) is 0 Å². The van der Waals surface area contributed by atoms with E-state index in [2.05, 4.69) is 20.5 Å². The molecule has 0 spiro atoms. The van der Waals surface area contributed by atoms with Crippen molar-refractivity contribution >= 4 is 11.5 Å². The van der Waals surface area contributed by atoms with Crippen LogP contribution in [0.5, 0.6) is 0 Å². The quantitative estimate of drug-likeness (QED) is 0.631. The highest BCUT2D eigenvalue weighted by Crippen LogP contribution is 2.43. The molecule has 5 heterocycles. The molecule has 0 bridgehead atoms. The molecule has 10 heteroatoms. The Balaban J connectivity index is 1.58. The molecular weight excluding hydrogens is 363 g/mol. The average molecular weight is 380 g/mol. The lowest BCUT2D eigenvalue weighted by atomic mass is 9.99. The van der Waals surface area contributed by atoms with E-state index in [1.165, 1.54) is 6.20 Å². The van der Waals surface area contributed by atoms with Crippen LogP contribution in [-0.4, -0.2) is 48.2 Å². The van der Waals surface area contributed by atoms with Crippen LogP contribution in [0.2, 0.25) is 0 Å². The van der Waals surface area contributed by atoms with Crippen molar-refractivity contribution in [3.63, 3.8) is 0 Å². The van der Waals surface area contributed by atoms with Gasteiger partial charge in [0.05, 0.1) is 23.8 Å². The number of halogens is 1. The lowest BCUT2D eigenvalue weighted by Crippen LogP contribution is -2.30. The first-order valence-electron chi connectivity index (χ1n) is 9.18. The summed E-state index contributed by atoms with van der Waals surface area (Å²) in [6.07, 6.45) is 4.99. The molecule has 3 aromatic rings. The van der Waals surface area contributed by atoms with Crippen molar-refractivity contribution in [2.75, 3.05) is 18.2 Å². The first-order chi connectivity index (χ1) is 13.7. The molecule has 1 saturated heterocycles. The molecule has 1 fully saturated rings. The number of hydrogen-bond donors (Lipinski definition) is 0. The van der Waals surface area contributed by atoms with Crippen LogP contribution in [0.3, 0.4) is 0 Å². The van der Waals surface area contributed by atoms with E-state index in [9.17, 15) is 4.48 Å².